The number of anilines is 1. The summed E-state index contributed by atoms with van der Waals surface area (Å²) in [4.78, 5) is 26.4. The minimum Gasteiger partial charge on any atom is -0.477 e. The molecule has 140 valence electrons. The number of fused-ring (bicyclic) bond motifs is 5. The molecule has 2 N–H and O–H groups in total. The van der Waals surface area contributed by atoms with Crippen molar-refractivity contribution in [2.45, 2.75) is 31.3 Å². The van der Waals surface area contributed by atoms with Crippen LogP contribution in [0.4, 0.5) is 10.1 Å². The Morgan fingerprint density at radius 2 is 2.11 bits per heavy atom. The molecule has 0 bridgehead atoms. The first-order chi connectivity index (χ1) is 13.1. The smallest absolute Gasteiger partial charge is 0.341 e. The SMILES string of the molecule is O=C(O)c1cn(C2CC2)c2c3c(c(F)cc2c1=O)N1CCNC[C@H]1CC=C3. The second-order valence-corrected chi connectivity index (χ2v) is 7.52. The number of piperazine rings is 1. The van der Waals surface area contributed by atoms with E-state index in [4.69, 9.17) is 0 Å². The summed E-state index contributed by atoms with van der Waals surface area (Å²) < 4.78 is 17.1. The molecule has 1 saturated carbocycles. The van der Waals surface area contributed by atoms with Gasteiger partial charge in [-0.05, 0) is 25.3 Å². The summed E-state index contributed by atoms with van der Waals surface area (Å²) in [5.41, 5.74) is 0.950. The highest BCUT2D eigenvalue weighted by atomic mass is 19.1. The van der Waals surface area contributed by atoms with Gasteiger partial charge in [0, 0.05) is 43.5 Å². The van der Waals surface area contributed by atoms with Crippen LogP contribution in [0.25, 0.3) is 17.0 Å². The fourth-order valence-corrected chi connectivity index (χ4v) is 4.36. The van der Waals surface area contributed by atoms with Gasteiger partial charge in [-0.25, -0.2) is 9.18 Å². The second-order valence-electron chi connectivity index (χ2n) is 7.52. The van der Waals surface area contributed by atoms with Crippen LogP contribution < -0.4 is 15.6 Å². The van der Waals surface area contributed by atoms with Crippen LogP contribution in [0.15, 0.2) is 23.1 Å². The molecule has 2 fully saturated rings. The number of benzene rings is 1. The Kier molecular flexibility index (Phi) is 3.62. The van der Waals surface area contributed by atoms with Gasteiger partial charge in [0.2, 0.25) is 5.43 Å². The van der Waals surface area contributed by atoms with E-state index in [2.05, 4.69) is 10.2 Å². The number of rotatable bonds is 2. The topological polar surface area (TPSA) is 74.6 Å². The molecule has 3 heterocycles. The summed E-state index contributed by atoms with van der Waals surface area (Å²) in [6.45, 7) is 2.26. The van der Waals surface area contributed by atoms with E-state index in [0.717, 1.165) is 32.4 Å². The van der Waals surface area contributed by atoms with E-state index in [1.807, 2.05) is 16.7 Å². The van der Waals surface area contributed by atoms with Gasteiger partial charge in [0.15, 0.2) is 0 Å². The van der Waals surface area contributed by atoms with Crippen molar-refractivity contribution in [2.75, 3.05) is 24.5 Å². The second kappa shape index (κ2) is 5.92. The number of hydrogen-bond acceptors (Lipinski definition) is 4. The van der Waals surface area contributed by atoms with Gasteiger partial charge in [-0.1, -0.05) is 12.2 Å². The van der Waals surface area contributed by atoms with Crippen LogP contribution in [0.3, 0.4) is 0 Å². The highest BCUT2D eigenvalue weighted by Gasteiger charge is 2.33. The molecular formula is C20H20FN3O3. The van der Waals surface area contributed by atoms with E-state index in [-0.39, 0.29) is 23.0 Å². The van der Waals surface area contributed by atoms with E-state index in [1.54, 1.807) is 0 Å². The zero-order valence-corrected chi connectivity index (χ0v) is 14.7. The van der Waals surface area contributed by atoms with Crippen molar-refractivity contribution in [1.82, 2.24) is 9.88 Å². The first kappa shape index (κ1) is 16.5. The average molecular weight is 369 g/mol. The highest BCUT2D eigenvalue weighted by molar-refractivity contribution is 5.98. The number of nitrogens with zero attached hydrogens (tertiary/aromatic N) is 2. The Bertz CT molecular complexity index is 1050. The van der Waals surface area contributed by atoms with Gasteiger partial charge in [-0.3, -0.25) is 4.79 Å². The van der Waals surface area contributed by atoms with E-state index in [0.29, 0.717) is 23.3 Å². The molecule has 0 radical (unpaired) electrons. The standard InChI is InChI=1S/C20H20FN3O3/c21-16-8-14-17(24(11-4-5-11)10-15(19(14)25)20(26)27)13-3-1-2-12-9-22-6-7-23(12)18(13)16/h1,3,8,10-12,22H,2,4-7,9H2,(H,26,27)/t12-/m1/s1. The van der Waals surface area contributed by atoms with Gasteiger partial charge in [-0.15, -0.1) is 0 Å². The van der Waals surface area contributed by atoms with Gasteiger partial charge in [0.1, 0.15) is 11.4 Å². The molecule has 1 saturated heterocycles. The van der Waals surface area contributed by atoms with E-state index in [9.17, 15) is 14.7 Å². The molecule has 1 aromatic carbocycles. The lowest BCUT2D eigenvalue weighted by atomic mass is 10.0. The lowest BCUT2D eigenvalue weighted by Crippen LogP contribution is -2.51. The number of hydrogen-bond donors (Lipinski definition) is 2. The van der Waals surface area contributed by atoms with Crippen molar-refractivity contribution in [1.29, 1.82) is 0 Å². The summed E-state index contributed by atoms with van der Waals surface area (Å²) in [5, 5.41) is 12.9. The molecule has 2 aromatic rings. The lowest BCUT2D eigenvalue weighted by Gasteiger charge is -2.38. The summed E-state index contributed by atoms with van der Waals surface area (Å²) in [5.74, 6) is -1.73. The van der Waals surface area contributed by atoms with Crippen LogP contribution in [0.1, 0.15) is 41.2 Å². The molecule has 27 heavy (non-hydrogen) atoms. The molecule has 1 aromatic heterocycles. The Morgan fingerprint density at radius 1 is 1.30 bits per heavy atom. The minimum absolute atomic E-state index is 0.149. The van der Waals surface area contributed by atoms with Crippen molar-refractivity contribution < 1.29 is 14.3 Å². The summed E-state index contributed by atoms with van der Waals surface area (Å²) in [7, 11) is 0. The first-order valence-corrected chi connectivity index (χ1v) is 9.35. The quantitative estimate of drug-likeness (QED) is 0.850. The molecule has 0 spiro atoms. The Morgan fingerprint density at radius 3 is 2.85 bits per heavy atom. The Labute approximate surface area is 154 Å². The molecular weight excluding hydrogens is 349 g/mol. The van der Waals surface area contributed by atoms with Crippen LogP contribution in [0, 0.1) is 5.82 Å². The van der Waals surface area contributed by atoms with E-state index < -0.39 is 17.2 Å². The fraction of sp³-hybridized carbons (Fsp3) is 0.400. The van der Waals surface area contributed by atoms with E-state index >= 15 is 4.39 Å². The number of aromatic carboxylic acids is 1. The van der Waals surface area contributed by atoms with Gasteiger partial charge < -0.3 is 19.9 Å². The lowest BCUT2D eigenvalue weighted by molar-refractivity contribution is 0.0695. The minimum atomic E-state index is -1.27. The number of carboxylic acid groups (broad SMARTS) is 1. The maximum absolute atomic E-state index is 15.2. The number of pyridine rings is 1. The normalized spacial score (nSPS) is 21.7. The van der Waals surface area contributed by atoms with Gasteiger partial charge in [0.25, 0.3) is 0 Å². The van der Waals surface area contributed by atoms with Crippen LogP contribution in [0.2, 0.25) is 0 Å². The number of carbonyl (C=O) groups is 1. The number of halogens is 1. The zero-order valence-electron chi connectivity index (χ0n) is 14.7. The predicted molar refractivity (Wildman–Crippen MR) is 101 cm³/mol. The Balaban J connectivity index is 1.88. The van der Waals surface area contributed by atoms with Gasteiger partial charge >= 0.3 is 5.97 Å². The highest BCUT2D eigenvalue weighted by Crippen LogP contribution is 2.42. The molecule has 3 aliphatic rings. The average Bonchev–Trinajstić information content (AvgIpc) is 3.48. The van der Waals surface area contributed by atoms with Crippen molar-refractivity contribution in [3.8, 4) is 0 Å². The van der Waals surface area contributed by atoms with E-state index in [1.165, 1.54) is 12.3 Å². The molecule has 0 unspecified atom stereocenters. The summed E-state index contributed by atoms with van der Waals surface area (Å²) >= 11 is 0. The van der Waals surface area contributed by atoms with Crippen molar-refractivity contribution in [3.63, 3.8) is 0 Å². The third-order valence-corrected chi connectivity index (χ3v) is 5.78. The van der Waals surface area contributed by atoms with Crippen molar-refractivity contribution in [2.24, 2.45) is 0 Å². The maximum Gasteiger partial charge on any atom is 0.341 e. The van der Waals surface area contributed by atoms with Crippen LogP contribution in [-0.4, -0.2) is 41.3 Å². The fourth-order valence-electron chi connectivity index (χ4n) is 4.36. The van der Waals surface area contributed by atoms with Gasteiger partial charge in [0.05, 0.1) is 16.6 Å². The van der Waals surface area contributed by atoms with Crippen molar-refractivity contribution >= 4 is 28.6 Å². The summed E-state index contributed by atoms with van der Waals surface area (Å²) in [6, 6.07) is 1.57. The molecule has 1 aliphatic carbocycles. The number of nitrogens with one attached hydrogen (secondary N) is 1. The third-order valence-electron chi connectivity index (χ3n) is 5.78. The van der Waals surface area contributed by atoms with Crippen LogP contribution in [0.5, 0.6) is 0 Å². The molecule has 7 heteroatoms. The third kappa shape index (κ3) is 2.49. The molecule has 2 aliphatic heterocycles. The first-order valence-electron chi connectivity index (χ1n) is 9.35. The molecule has 1 atom stereocenters. The van der Waals surface area contributed by atoms with Crippen LogP contribution >= 0.6 is 0 Å². The molecule has 0 amide bonds. The monoisotopic (exact) mass is 369 g/mol. The maximum atomic E-state index is 15.2. The van der Waals surface area contributed by atoms with Crippen LogP contribution in [-0.2, 0) is 0 Å². The number of aromatic nitrogens is 1. The van der Waals surface area contributed by atoms with Gasteiger partial charge in [-0.2, -0.15) is 0 Å². The molecule has 6 nitrogen and oxygen atoms in total. The Hall–Kier alpha value is -2.67. The largest absolute Gasteiger partial charge is 0.477 e. The predicted octanol–water partition coefficient (Wildman–Crippen LogP) is 2.37. The zero-order chi connectivity index (χ0) is 18.7. The number of carboxylic acids is 1. The van der Waals surface area contributed by atoms with Crippen molar-refractivity contribution in [3.05, 3.63) is 45.5 Å². The summed E-state index contributed by atoms with van der Waals surface area (Å²) in [6.07, 6.45) is 8.03. The molecule has 5 rings (SSSR count).